The Hall–Kier alpha value is -2.08. The van der Waals surface area contributed by atoms with Crippen molar-refractivity contribution >= 4 is 44.8 Å². The maximum Gasteiger partial charge on any atom is 0.274 e. The van der Waals surface area contributed by atoms with Crippen molar-refractivity contribution in [1.82, 2.24) is 4.57 Å². The molecule has 1 N–H and O–H groups in total. The second-order valence-corrected chi connectivity index (χ2v) is 5.52. The Morgan fingerprint density at radius 3 is 2.76 bits per heavy atom. The maximum absolute atomic E-state index is 12.5. The molecule has 6 heteroatoms. The number of halogens is 1. The minimum absolute atomic E-state index is 0.116. The van der Waals surface area contributed by atoms with Crippen LogP contribution in [0.15, 0.2) is 30.5 Å². The number of carbonyl (C=O) groups excluding carboxylic acids is 2. The Bertz CT molecular complexity index is 751. The second kappa shape index (κ2) is 5.04. The molecule has 1 aromatic carbocycles. The number of para-hydroxylation sites is 2. The zero-order valence-corrected chi connectivity index (χ0v) is 13.3. The summed E-state index contributed by atoms with van der Waals surface area (Å²) in [5, 5.41) is 3.06. The van der Waals surface area contributed by atoms with Gasteiger partial charge in [-0.05, 0) is 24.6 Å². The lowest BCUT2D eigenvalue weighted by atomic mass is 10.2. The zero-order valence-electron chi connectivity index (χ0n) is 11.7. The molecule has 0 fully saturated rings. The van der Waals surface area contributed by atoms with E-state index in [1.54, 1.807) is 22.6 Å². The Labute approximate surface area is 130 Å². The highest BCUT2D eigenvalue weighted by atomic mass is 79.9. The fourth-order valence-corrected chi connectivity index (χ4v) is 2.97. The summed E-state index contributed by atoms with van der Waals surface area (Å²) >= 11 is 3.22. The number of aromatic nitrogens is 1. The standard InChI is InChI=1S/C15H14BrN3O2/c1-9-8-18(2)14-13(9)19(12(20)7-16)11-6-4-3-5-10(11)17-15(14)21/h3-6,8H,7H2,1-2H3,(H,17,21). The van der Waals surface area contributed by atoms with Gasteiger partial charge in [-0.2, -0.15) is 0 Å². The molecule has 1 aliphatic rings. The molecule has 0 aliphatic carbocycles. The minimum Gasteiger partial charge on any atom is -0.345 e. The lowest BCUT2D eigenvalue weighted by Crippen LogP contribution is -2.27. The van der Waals surface area contributed by atoms with Gasteiger partial charge in [0.1, 0.15) is 5.69 Å². The average molecular weight is 348 g/mol. The van der Waals surface area contributed by atoms with Crippen LogP contribution in [0.25, 0.3) is 0 Å². The van der Waals surface area contributed by atoms with E-state index in [4.69, 9.17) is 0 Å². The summed E-state index contributed by atoms with van der Waals surface area (Å²) in [6, 6.07) is 7.31. The van der Waals surface area contributed by atoms with Crippen LogP contribution in [0, 0.1) is 6.92 Å². The summed E-state index contributed by atoms with van der Waals surface area (Å²) in [5.74, 6) is -0.326. The fourth-order valence-electron chi connectivity index (χ4n) is 2.72. The molecule has 1 aromatic heterocycles. The van der Waals surface area contributed by atoms with Gasteiger partial charge in [0.2, 0.25) is 5.91 Å². The van der Waals surface area contributed by atoms with Crippen LogP contribution in [0.1, 0.15) is 16.1 Å². The molecule has 5 nitrogen and oxygen atoms in total. The number of fused-ring (bicyclic) bond motifs is 2. The third kappa shape index (κ3) is 2.06. The van der Waals surface area contributed by atoms with Crippen molar-refractivity contribution in [1.29, 1.82) is 0 Å². The third-order valence-corrected chi connectivity index (χ3v) is 4.01. The second-order valence-electron chi connectivity index (χ2n) is 4.95. The van der Waals surface area contributed by atoms with Crippen LogP contribution in [0.2, 0.25) is 0 Å². The van der Waals surface area contributed by atoms with Gasteiger partial charge in [-0.1, -0.05) is 28.1 Å². The molecule has 0 saturated heterocycles. The zero-order chi connectivity index (χ0) is 15.1. The van der Waals surface area contributed by atoms with E-state index in [2.05, 4.69) is 21.2 Å². The Morgan fingerprint density at radius 1 is 1.33 bits per heavy atom. The van der Waals surface area contributed by atoms with E-state index in [0.29, 0.717) is 22.8 Å². The SMILES string of the molecule is Cc1cn(C)c2c1N(C(=O)CBr)c1ccccc1NC2=O. The molecular weight excluding hydrogens is 334 g/mol. The Kier molecular flexibility index (Phi) is 3.33. The van der Waals surface area contributed by atoms with Gasteiger partial charge in [0.05, 0.1) is 22.4 Å². The first-order valence-corrected chi connectivity index (χ1v) is 7.62. The van der Waals surface area contributed by atoms with Crippen LogP contribution in [-0.4, -0.2) is 21.7 Å². The fraction of sp³-hybridized carbons (Fsp3) is 0.200. The van der Waals surface area contributed by atoms with Crippen LogP contribution in [0.4, 0.5) is 17.1 Å². The van der Waals surface area contributed by atoms with E-state index in [-0.39, 0.29) is 17.1 Å². The number of hydrogen-bond donors (Lipinski definition) is 1. The van der Waals surface area contributed by atoms with Gasteiger partial charge in [-0.15, -0.1) is 0 Å². The summed E-state index contributed by atoms with van der Waals surface area (Å²) in [6.07, 6.45) is 1.85. The highest BCUT2D eigenvalue weighted by molar-refractivity contribution is 9.09. The van der Waals surface area contributed by atoms with Crippen molar-refractivity contribution in [2.45, 2.75) is 6.92 Å². The van der Waals surface area contributed by atoms with Gasteiger partial charge in [0.25, 0.3) is 5.91 Å². The first kappa shape index (κ1) is 13.9. The normalized spacial score (nSPS) is 13.3. The number of carbonyl (C=O) groups is 2. The molecule has 0 saturated carbocycles. The van der Waals surface area contributed by atoms with Crippen LogP contribution >= 0.6 is 15.9 Å². The molecule has 0 spiro atoms. The first-order valence-electron chi connectivity index (χ1n) is 6.49. The topological polar surface area (TPSA) is 54.3 Å². The lowest BCUT2D eigenvalue weighted by Gasteiger charge is -2.22. The summed E-state index contributed by atoms with van der Waals surface area (Å²) in [7, 11) is 1.80. The molecule has 0 bridgehead atoms. The first-order chi connectivity index (χ1) is 10.0. The number of nitrogens with zero attached hydrogens (tertiary/aromatic N) is 2. The highest BCUT2D eigenvalue weighted by Crippen LogP contribution is 2.40. The molecule has 2 aromatic rings. The molecule has 2 amide bonds. The van der Waals surface area contributed by atoms with Crippen molar-refractivity contribution in [3.05, 3.63) is 41.7 Å². The Balaban J connectivity index is 2.34. The molecule has 108 valence electrons. The number of hydrogen-bond acceptors (Lipinski definition) is 2. The summed E-state index contributed by atoms with van der Waals surface area (Å²) < 4.78 is 1.75. The van der Waals surface area contributed by atoms with Gasteiger partial charge in [0.15, 0.2) is 0 Å². The number of benzene rings is 1. The number of nitrogens with one attached hydrogen (secondary N) is 1. The van der Waals surface area contributed by atoms with Crippen molar-refractivity contribution in [3.8, 4) is 0 Å². The Morgan fingerprint density at radius 2 is 2.05 bits per heavy atom. The third-order valence-electron chi connectivity index (χ3n) is 3.53. The predicted octanol–water partition coefficient (Wildman–Crippen LogP) is 2.96. The minimum atomic E-state index is -0.210. The van der Waals surface area contributed by atoms with Crippen LogP contribution < -0.4 is 10.2 Å². The quantitative estimate of drug-likeness (QED) is 0.806. The predicted molar refractivity (Wildman–Crippen MR) is 85.5 cm³/mol. The molecule has 0 radical (unpaired) electrons. The molecule has 0 unspecified atom stereocenters. The van der Waals surface area contributed by atoms with E-state index < -0.39 is 0 Å². The van der Waals surface area contributed by atoms with E-state index in [1.165, 1.54) is 0 Å². The monoisotopic (exact) mass is 347 g/mol. The maximum atomic E-state index is 12.5. The van der Waals surface area contributed by atoms with Crippen LogP contribution in [0.5, 0.6) is 0 Å². The molecule has 2 heterocycles. The highest BCUT2D eigenvalue weighted by Gasteiger charge is 2.32. The smallest absolute Gasteiger partial charge is 0.274 e. The van der Waals surface area contributed by atoms with Crippen LogP contribution in [-0.2, 0) is 11.8 Å². The van der Waals surface area contributed by atoms with Crippen molar-refractivity contribution in [2.24, 2.45) is 7.05 Å². The molecule has 1 aliphatic heterocycles. The number of alkyl halides is 1. The van der Waals surface area contributed by atoms with E-state index in [0.717, 1.165) is 5.56 Å². The van der Waals surface area contributed by atoms with Gasteiger partial charge in [-0.25, -0.2) is 0 Å². The number of rotatable bonds is 1. The van der Waals surface area contributed by atoms with Gasteiger partial charge in [-0.3, -0.25) is 14.5 Å². The van der Waals surface area contributed by atoms with Crippen molar-refractivity contribution in [3.63, 3.8) is 0 Å². The van der Waals surface area contributed by atoms with Crippen LogP contribution in [0.3, 0.4) is 0 Å². The largest absolute Gasteiger partial charge is 0.345 e. The van der Waals surface area contributed by atoms with Gasteiger partial charge >= 0.3 is 0 Å². The molecular formula is C15H14BrN3O2. The summed E-state index contributed by atoms with van der Waals surface area (Å²) in [5.41, 5.74) is 3.33. The number of aryl methyl sites for hydroxylation is 2. The molecule has 21 heavy (non-hydrogen) atoms. The van der Waals surface area contributed by atoms with Crippen molar-refractivity contribution < 1.29 is 9.59 Å². The van der Waals surface area contributed by atoms with E-state index in [1.807, 2.05) is 31.3 Å². The lowest BCUT2D eigenvalue weighted by molar-refractivity contribution is -0.115. The number of amides is 2. The van der Waals surface area contributed by atoms with E-state index in [9.17, 15) is 9.59 Å². The summed E-state index contributed by atoms with van der Waals surface area (Å²) in [4.78, 5) is 26.5. The van der Waals surface area contributed by atoms with E-state index >= 15 is 0 Å². The van der Waals surface area contributed by atoms with Gasteiger partial charge < -0.3 is 9.88 Å². The molecule has 0 atom stereocenters. The summed E-state index contributed by atoms with van der Waals surface area (Å²) in [6.45, 7) is 1.90. The van der Waals surface area contributed by atoms with Crippen molar-refractivity contribution in [2.75, 3.05) is 15.5 Å². The number of anilines is 3. The van der Waals surface area contributed by atoms with Gasteiger partial charge in [0, 0.05) is 13.2 Å². The molecule has 3 rings (SSSR count). The average Bonchev–Trinajstić information content (AvgIpc) is 2.67.